The number of carbonyl (C=O) groups is 2. The number of aromatic hydroxyl groups is 1. The topological polar surface area (TPSA) is 242 Å². The molecule has 7 aromatic carbocycles. The number of benzene rings is 7. The molecule has 474 valence electrons. The monoisotopic (exact) mass is 1310 g/mol. The zero-order valence-corrected chi connectivity index (χ0v) is 54.7. The van der Waals surface area contributed by atoms with Gasteiger partial charge in [-0.1, -0.05) is 56.7 Å². The van der Waals surface area contributed by atoms with E-state index in [1.165, 1.54) is 42.7 Å². The van der Waals surface area contributed by atoms with E-state index >= 15 is 0 Å². The molecule has 0 unspecified atom stereocenters. The predicted octanol–water partition coefficient (Wildman–Crippen LogP) is 13.8. The van der Waals surface area contributed by atoms with Gasteiger partial charge in [0.05, 0.1) is 10.3 Å². The summed E-state index contributed by atoms with van der Waals surface area (Å²) in [6.45, 7) is 17.2. The first-order valence-electron chi connectivity index (χ1n) is 30.2. The van der Waals surface area contributed by atoms with E-state index in [0.717, 1.165) is 95.8 Å². The van der Waals surface area contributed by atoms with E-state index < -0.39 is 41.7 Å². The lowest BCUT2D eigenvalue weighted by Crippen LogP contribution is -2.33. The van der Waals surface area contributed by atoms with Gasteiger partial charge in [0, 0.05) is 91.9 Å². The quantitative estimate of drug-likeness (QED) is 0.0122. The van der Waals surface area contributed by atoms with Crippen molar-refractivity contribution in [3.63, 3.8) is 0 Å². The van der Waals surface area contributed by atoms with Gasteiger partial charge < -0.3 is 19.5 Å². The molecular weight excluding hydrogens is 1240 g/mol. The number of ether oxygens (including phenoxy) is 2. The largest absolute Gasteiger partial charge is 0.508 e. The second-order valence-electron chi connectivity index (χ2n) is 24.0. The molecule has 1 aromatic heterocycles. The predicted molar refractivity (Wildman–Crippen MR) is 356 cm³/mol. The van der Waals surface area contributed by atoms with E-state index in [0.29, 0.717) is 67.0 Å². The Kier molecular flexibility index (Phi) is 19.5. The van der Waals surface area contributed by atoms with Gasteiger partial charge in [0.25, 0.3) is 20.2 Å². The molecule has 0 aliphatic carbocycles. The summed E-state index contributed by atoms with van der Waals surface area (Å²) in [4.78, 5) is 32.8. The highest BCUT2D eigenvalue weighted by Gasteiger charge is 2.46. The van der Waals surface area contributed by atoms with Gasteiger partial charge in [-0.3, -0.25) is 23.6 Å². The number of allylic oxidation sites excluding steroid dienone is 6. The molecule has 8 aromatic rings. The van der Waals surface area contributed by atoms with Gasteiger partial charge in [0.1, 0.15) is 35.3 Å². The molecule has 0 saturated carbocycles. The number of thiophene rings is 1. The Morgan fingerprint density at radius 3 is 2.10 bits per heavy atom. The molecule has 3 aliphatic rings. The number of fused-ring (bicyclic) bond motifs is 7. The third-order valence-electron chi connectivity index (χ3n) is 17.3. The molecule has 4 heterocycles. The molecule has 11 rings (SSSR count). The summed E-state index contributed by atoms with van der Waals surface area (Å²) in [5.41, 5.74) is 7.18. The molecule has 3 aliphatic heterocycles. The summed E-state index contributed by atoms with van der Waals surface area (Å²) in [6.07, 6.45) is 16.0. The van der Waals surface area contributed by atoms with Crippen molar-refractivity contribution in [2.75, 3.05) is 44.2 Å². The number of likely N-dealkylation sites (N-methyl/N-ethyl adjacent to an activating group) is 1. The Balaban J connectivity index is 0.00000221. The molecule has 21 heteroatoms. The number of phenolic OH excluding ortho intramolecular Hbond substituents is 1. The minimum Gasteiger partial charge on any atom is -0.508 e. The zero-order valence-electron chi connectivity index (χ0n) is 51.4. The van der Waals surface area contributed by atoms with Crippen LogP contribution in [0.15, 0.2) is 167 Å². The van der Waals surface area contributed by atoms with Crippen LogP contribution in [0.1, 0.15) is 112 Å². The van der Waals surface area contributed by atoms with Crippen molar-refractivity contribution in [3.8, 4) is 27.7 Å². The highest BCUT2D eigenvalue weighted by molar-refractivity contribution is 7.86. The lowest BCUT2D eigenvalue weighted by molar-refractivity contribution is -0.438. The maximum absolute atomic E-state index is 14.3. The van der Waals surface area contributed by atoms with Crippen LogP contribution in [0.2, 0.25) is 0 Å². The number of nitrogens with zero attached hydrogens (tertiary/aromatic N) is 3. The summed E-state index contributed by atoms with van der Waals surface area (Å²) in [5.74, 6) is 0.661. The molecule has 3 N–H and O–H groups in total. The maximum Gasteiger partial charge on any atom is 0.425 e. The summed E-state index contributed by atoms with van der Waals surface area (Å²) in [7, 11) is -12.1. The second kappa shape index (κ2) is 27.0. The number of phenols is 1. The van der Waals surface area contributed by atoms with Crippen molar-refractivity contribution in [2.24, 2.45) is 0 Å². The number of piperidine rings is 1. The van der Waals surface area contributed by atoms with Gasteiger partial charge in [-0.05, 0) is 202 Å². The molecule has 1 saturated heterocycles. The van der Waals surface area contributed by atoms with Crippen LogP contribution in [0.4, 0.5) is 11.4 Å². The molecular formula is C70H72N3O14S4+. The van der Waals surface area contributed by atoms with Crippen LogP contribution < -0.4 is 14.4 Å². The van der Waals surface area contributed by atoms with Crippen LogP contribution in [0.25, 0.3) is 42.1 Å². The summed E-state index contributed by atoms with van der Waals surface area (Å²) in [6, 6.07) is 35.3. The molecule has 17 nitrogen and oxygen atoms in total. The summed E-state index contributed by atoms with van der Waals surface area (Å²) >= 11 is 1.41. The van der Waals surface area contributed by atoms with E-state index in [-0.39, 0.29) is 33.7 Å². The van der Waals surface area contributed by atoms with Gasteiger partial charge >= 0.3 is 16.6 Å². The second-order valence-corrected chi connectivity index (χ2v) is 28.3. The third kappa shape index (κ3) is 14.2. The summed E-state index contributed by atoms with van der Waals surface area (Å²) < 4.78 is 110. The van der Waals surface area contributed by atoms with E-state index in [9.17, 15) is 40.6 Å². The third-order valence-corrected chi connectivity index (χ3v) is 20.2. The van der Waals surface area contributed by atoms with Crippen molar-refractivity contribution in [3.05, 3.63) is 185 Å². The fourth-order valence-electron chi connectivity index (χ4n) is 13.1. The first kappa shape index (κ1) is 65.8. The van der Waals surface area contributed by atoms with Crippen molar-refractivity contribution in [1.29, 1.82) is 0 Å². The Labute approximate surface area is 535 Å². The number of ketones is 1. The standard InChI is InChI=1S/C70H71N3O11S3.O3S/c1-7-72-57-35-33-53-56(41-45(2)42-60(53)87(80,81)82)66(57)69(3,4)61(72)17-11-8-12-18-62-70(5,6)65-55-44-52(86(77,78)79)31-24-46(55)25-34-58(65)73(62)38-16-9-13-19-63(75)84-51-29-22-48(23-30-51)68-64(54-32-26-49(74)43-59(54)85-68)67(76)47-20-27-50(28-21-47)83-40-39-71-36-14-10-15-37-71;1-4(2)3/h8,11-12,17-18,20-35,41-44H,7,9-10,13-16,19,36-40H2,1-6H3,(H2-,74,77,78,79,80,81,82);/p+1. The Bertz CT molecular complexity index is 4650. The van der Waals surface area contributed by atoms with E-state index in [1.54, 1.807) is 60.7 Å². The Morgan fingerprint density at radius 2 is 1.41 bits per heavy atom. The average molecular weight is 1310 g/mol. The van der Waals surface area contributed by atoms with Crippen molar-refractivity contribution >= 4 is 103 Å². The van der Waals surface area contributed by atoms with Gasteiger partial charge in [-0.15, -0.1) is 24.0 Å². The molecule has 0 amide bonds. The van der Waals surface area contributed by atoms with Crippen LogP contribution in [0.5, 0.6) is 17.2 Å². The fourth-order valence-corrected chi connectivity index (χ4v) is 15.6. The van der Waals surface area contributed by atoms with Gasteiger partial charge in [-0.2, -0.15) is 21.4 Å². The van der Waals surface area contributed by atoms with Crippen molar-refractivity contribution < 1.29 is 67.3 Å². The number of esters is 1. The maximum atomic E-state index is 14.3. The molecule has 0 spiro atoms. The summed E-state index contributed by atoms with van der Waals surface area (Å²) in [5, 5.41) is 13.9. The van der Waals surface area contributed by atoms with Crippen LogP contribution in [0, 0.1) is 6.92 Å². The van der Waals surface area contributed by atoms with Crippen LogP contribution in [-0.4, -0.2) is 110 Å². The normalized spacial score (nSPS) is 16.0. The van der Waals surface area contributed by atoms with Crippen molar-refractivity contribution in [1.82, 2.24) is 4.90 Å². The van der Waals surface area contributed by atoms with E-state index in [2.05, 4.69) is 67.2 Å². The zero-order chi connectivity index (χ0) is 65.2. The van der Waals surface area contributed by atoms with E-state index in [1.807, 2.05) is 67.6 Å². The number of hydrogen-bond donors (Lipinski definition) is 3. The smallest absolute Gasteiger partial charge is 0.425 e. The highest BCUT2D eigenvalue weighted by Crippen LogP contribution is 2.52. The Morgan fingerprint density at radius 1 is 0.714 bits per heavy atom. The molecule has 91 heavy (non-hydrogen) atoms. The molecule has 1 fully saturated rings. The molecule has 0 radical (unpaired) electrons. The lowest BCUT2D eigenvalue weighted by Gasteiger charge is -2.26. The number of rotatable bonds is 20. The van der Waals surface area contributed by atoms with Gasteiger partial charge in [-0.25, -0.2) is 0 Å². The fraction of sp³-hybridized carbons (Fsp3) is 0.300. The first-order valence-corrected chi connectivity index (χ1v) is 34.9. The Hall–Kier alpha value is -8.15. The number of aryl methyl sites for hydroxylation is 1. The van der Waals surface area contributed by atoms with Gasteiger partial charge in [0.15, 0.2) is 11.5 Å². The van der Waals surface area contributed by atoms with Crippen LogP contribution >= 0.6 is 11.3 Å². The van der Waals surface area contributed by atoms with Crippen LogP contribution in [-0.2, 0) is 46.5 Å². The number of likely N-dealkylation sites (tertiary alicyclic amines) is 1. The van der Waals surface area contributed by atoms with E-state index in [4.69, 9.17) is 22.1 Å². The average Bonchev–Trinajstić information content (AvgIpc) is 1.62. The number of carbonyl (C=O) groups excluding carboxylic acids is 2. The molecule has 0 bridgehead atoms. The molecule has 0 atom stereocenters. The van der Waals surface area contributed by atoms with Crippen LogP contribution in [0.3, 0.4) is 0 Å². The first-order chi connectivity index (χ1) is 43.3. The minimum absolute atomic E-state index is 0.104. The van der Waals surface area contributed by atoms with Crippen molar-refractivity contribution in [2.45, 2.75) is 107 Å². The number of unbranched alkanes of at least 4 members (excludes halogenated alkanes) is 2. The highest BCUT2D eigenvalue weighted by atomic mass is 32.2. The number of anilines is 1. The minimum atomic E-state index is -4.49. The van der Waals surface area contributed by atoms with Gasteiger partial charge in [0.2, 0.25) is 5.69 Å². The SMILES string of the molecule is CCN1C(=CC=CC=CC2=[N+](CCCCCC(=O)Oc3ccc(-c4sc5cc(O)ccc5c4C(=O)c4ccc(OCCN5CCCCC5)cc4)cc3)c3ccc4ccc(S(=O)(=O)O)cc4c3C2(C)C)C(C)(C)c2c1ccc1c(S(=O)(=O)O)cc(C)cc21.O=S(=O)=O. The lowest BCUT2D eigenvalue weighted by atomic mass is 9.79. The number of hydrogen-bond acceptors (Lipinski definition) is 15.